The lowest BCUT2D eigenvalue weighted by molar-refractivity contribution is -0.141. The molecule has 1 aromatic carbocycles. The molecule has 1 aliphatic heterocycles. The quantitative estimate of drug-likeness (QED) is 0.694. The van der Waals surface area contributed by atoms with Gasteiger partial charge in [-0.3, -0.25) is 9.69 Å². The molecular weight excluding hydrogens is 388 g/mol. The Bertz CT molecular complexity index is 1110. The summed E-state index contributed by atoms with van der Waals surface area (Å²) in [6, 6.07) is 7.66. The number of amides is 1. The van der Waals surface area contributed by atoms with Crippen LogP contribution in [0.2, 0.25) is 0 Å². The highest BCUT2D eigenvalue weighted by molar-refractivity contribution is 5.99. The van der Waals surface area contributed by atoms with Gasteiger partial charge in [0.2, 0.25) is 5.67 Å². The second-order valence-electron chi connectivity index (χ2n) is 8.66. The van der Waals surface area contributed by atoms with Crippen molar-refractivity contribution in [1.82, 2.24) is 19.4 Å². The molecule has 0 radical (unpaired) electrons. The smallest absolute Gasteiger partial charge is 0.265 e. The lowest BCUT2D eigenvalue weighted by Crippen LogP contribution is -2.66. The number of likely N-dealkylation sites (tertiary alicyclic amines) is 1. The van der Waals surface area contributed by atoms with Crippen molar-refractivity contribution in [3.8, 4) is 11.3 Å². The number of carbonyl (C=O) groups is 1. The van der Waals surface area contributed by atoms with E-state index < -0.39 is 17.2 Å². The number of hydrogen-bond acceptors (Lipinski definition) is 4. The summed E-state index contributed by atoms with van der Waals surface area (Å²) in [6.45, 7) is 4.66. The Hall–Kier alpha value is -2.87. The zero-order valence-electron chi connectivity index (χ0n) is 17.5. The molecule has 3 aromatic rings. The SMILES string of the molecule is Cc1ncc(-c2ccc3cnc(NC(=O)C4(F)CN(CC(C)(C)F)C4)cc3c2)n1C. The maximum absolute atomic E-state index is 14.8. The minimum Gasteiger partial charge on any atom is -0.331 e. The third kappa shape index (κ3) is 3.92. The van der Waals surface area contributed by atoms with Crippen LogP contribution in [0.4, 0.5) is 14.6 Å². The fraction of sp³-hybridized carbons (Fsp3) is 0.409. The first kappa shape index (κ1) is 20.4. The number of aryl methyl sites for hydroxylation is 1. The van der Waals surface area contributed by atoms with E-state index in [-0.39, 0.29) is 25.5 Å². The number of carbonyl (C=O) groups excluding carboxylic acids is 1. The van der Waals surface area contributed by atoms with E-state index in [9.17, 15) is 13.6 Å². The summed E-state index contributed by atoms with van der Waals surface area (Å²) < 4.78 is 30.6. The number of alkyl halides is 2. The first-order valence-corrected chi connectivity index (χ1v) is 9.84. The van der Waals surface area contributed by atoms with Crippen molar-refractivity contribution in [1.29, 1.82) is 0 Å². The van der Waals surface area contributed by atoms with E-state index in [2.05, 4.69) is 15.3 Å². The van der Waals surface area contributed by atoms with Crippen LogP contribution in [0.3, 0.4) is 0 Å². The molecule has 0 saturated carbocycles. The van der Waals surface area contributed by atoms with Gasteiger partial charge in [-0.1, -0.05) is 12.1 Å². The highest BCUT2D eigenvalue weighted by Crippen LogP contribution is 2.30. The zero-order chi connectivity index (χ0) is 21.7. The standard InChI is InChI=1S/C22H25F2N5O/c1-14-25-10-18(28(14)4)15-5-6-16-9-26-19(8-17(16)7-15)27-20(30)22(24)12-29(13-22)11-21(2,3)23/h5-10H,11-13H2,1-4H3,(H,26,27,30). The number of benzene rings is 1. The summed E-state index contributed by atoms with van der Waals surface area (Å²) in [5.41, 5.74) is -1.50. The van der Waals surface area contributed by atoms with E-state index in [1.807, 2.05) is 42.9 Å². The Kier molecular flexibility index (Phi) is 4.85. The fourth-order valence-electron chi connectivity index (χ4n) is 3.82. The average molecular weight is 413 g/mol. The number of imidazole rings is 1. The number of rotatable bonds is 5. The first-order valence-electron chi connectivity index (χ1n) is 9.84. The van der Waals surface area contributed by atoms with E-state index in [0.717, 1.165) is 27.9 Å². The summed E-state index contributed by atoms with van der Waals surface area (Å²) >= 11 is 0. The molecule has 0 atom stereocenters. The van der Waals surface area contributed by atoms with Gasteiger partial charge in [0.15, 0.2) is 0 Å². The van der Waals surface area contributed by atoms with Crippen molar-refractivity contribution in [2.24, 2.45) is 7.05 Å². The van der Waals surface area contributed by atoms with Crippen molar-refractivity contribution < 1.29 is 13.6 Å². The Morgan fingerprint density at radius 1 is 1.20 bits per heavy atom. The summed E-state index contributed by atoms with van der Waals surface area (Å²) in [4.78, 5) is 22.6. The van der Waals surface area contributed by atoms with Gasteiger partial charge in [-0.2, -0.15) is 0 Å². The van der Waals surface area contributed by atoms with Crippen LogP contribution in [-0.4, -0.2) is 56.3 Å². The predicted molar refractivity (Wildman–Crippen MR) is 113 cm³/mol. The second kappa shape index (κ2) is 7.12. The van der Waals surface area contributed by atoms with Gasteiger partial charge in [0.1, 0.15) is 17.3 Å². The highest BCUT2D eigenvalue weighted by atomic mass is 19.1. The number of aromatic nitrogens is 3. The van der Waals surface area contributed by atoms with Gasteiger partial charge in [0, 0.05) is 43.8 Å². The molecule has 0 spiro atoms. The Balaban J connectivity index is 1.51. The summed E-state index contributed by atoms with van der Waals surface area (Å²) in [5.74, 6) is 0.444. The van der Waals surface area contributed by atoms with Crippen LogP contribution >= 0.6 is 0 Å². The molecule has 158 valence electrons. The van der Waals surface area contributed by atoms with E-state index >= 15 is 0 Å². The van der Waals surface area contributed by atoms with Crippen LogP contribution < -0.4 is 5.32 Å². The minimum absolute atomic E-state index is 0.0937. The molecule has 0 aliphatic carbocycles. The Morgan fingerprint density at radius 2 is 1.93 bits per heavy atom. The normalized spacial score (nSPS) is 16.5. The van der Waals surface area contributed by atoms with Crippen LogP contribution in [0, 0.1) is 6.92 Å². The molecule has 30 heavy (non-hydrogen) atoms. The van der Waals surface area contributed by atoms with Crippen molar-refractivity contribution in [2.75, 3.05) is 25.0 Å². The Labute approximate surface area is 173 Å². The number of fused-ring (bicyclic) bond motifs is 1. The number of nitrogens with one attached hydrogen (secondary N) is 1. The molecule has 6 nitrogen and oxygen atoms in total. The van der Waals surface area contributed by atoms with Gasteiger partial charge in [0.25, 0.3) is 5.91 Å². The largest absolute Gasteiger partial charge is 0.331 e. The van der Waals surface area contributed by atoms with Crippen LogP contribution in [0.15, 0.2) is 36.7 Å². The second-order valence-corrected chi connectivity index (χ2v) is 8.66. The number of anilines is 1. The fourth-order valence-corrected chi connectivity index (χ4v) is 3.82. The molecule has 2 aromatic heterocycles. The first-order chi connectivity index (χ1) is 14.0. The molecule has 4 rings (SSSR count). The minimum atomic E-state index is -2.03. The maximum atomic E-state index is 14.8. The number of pyridine rings is 1. The topological polar surface area (TPSA) is 63.1 Å². The third-order valence-corrected chi connectivity index (χ3v) is 5.43. The van der Waals surface area contributed by atoms with E-state index in [1.165, 1.54) is 13.8 Å². The van der Waals surface area contributed by atoms with Crippen LogP contribution in [0.25, 0.3) is 22.0 Å². The number of nitrogens with zero attached hydrogens (tertiary/aromatic N) is 4. The molecule has 1 aliphatic rings. The maximum Gasteiger partial charge on any atom is 0.265 e. The van der Waals surface area contributed by atoms with Crippen molar-refractivity contribution in [3.63, 3.8) is 0 Å². The third-order valence-electron chi connectivity index (χ3n) is 5.43. The molecule has 3 heterocycles. The highest BCUT2D eigenvalue weighted by Gasteiger charge is 2.51. The molecule has 1 fully saturated rings. The van der Waals surface area contributed by atoms with Gasteiger partial charge >= 0.3 is 0 Å². The number of halogens is 2. The molecule has 0 unspecified atom stereocenters. The number of hydrogen-bond donors (Lipinski definition) is 1. The molecule has 1 saturated heterocycles. The van der Waals surface area contributed by atoms with Gasteiger partial charge in [0.05, 0.1) is 11.9 Å². The van der Waals surface area contributed by atoms with Crippen molar-refractivity contribution in [3.05, 3.63) is 42.5 Å². The van der Waals surface area contributed by atoms with Crippen molar-refractivity contribution >= 4 is 22.5 Å². The van der Waals surface area contributed by atoms with Crippen LogP contribution in [-0.2, 0) is 11.8 Å². The Morgan fingerprint density at radius 3 is 2.57 bits per heavy atom. The lowest BCUT2D eigenvalue weighted by atomic mass is 9.93. The summed E-state index contributed by atoms with van der Waals surface area (Å²) in [6.07, 6.45) is 3.46. The lowest BCUT2D eigenvalue weighted by Gasteiger charge is -2.44. The van der Waals surface area contributed by atoms with E-state index in [1.54, 1.807) is 17.2 Å². The van der Waals surface area contributed by atoms with Crippen molar-refractivity contribution in [2.45, 2.75) is 32.1 Å². The molecular formula is C22H25F2N5O. The van der Waals surface area contributed by atoms with E-state index in [4.69, 9.17) is 0 Å². The average Bonchev–Trinajstić information content (AvgIpc) is 2.97. The zero-order valence-corrected chi connectivity index (χ0v) is 17.5. The van der Waals surface area contributed by atoms with Crippen LogP contribution in [0.1, 0.15) is 19.7 Å². The summed E-state index contributed by atoms with van der Waals surface area (Å²) in [5, 5.41) is 4.35. The van der Waals surface area contributed by atoms with E-state index in [0.29, 0.717) is 0 Å². The van der Waals surface area contributed by atoms with Gasteiger partial charge < -0.3 is 9.88 Å². The van der Waals surface area contributed by atoms with Crippen LogP contribution in [0.5, 0.6) is 0 Å². The molecule has 1 N–H and O–H groups in total. The molecule has 1 amide bonds. The monoisotopic (exact) mass is 413 g/mol. The summed E-state index contributed by atoms with van der Waals surface area (Å²) in [7, 11) is 1.95. The molecule has 0 bridgehead atoms. The predicted octanol–water partition coefficient (Wildman–Crippen LogP) is 3.65. The van der Waals surface area contributed by atoms with Gasteiger partial charge in [-0.05, 0) is 38.3 Å². The van der Waals surface area contributed by atoms with Gasteiger partial charge in [-0.25, -0.2) is 18.7 Å². The molecule has 8 heteroatoms. The van der Waals surface area contributed by atoms with Gasteiger partial charge in [-0.15, -0.1) is 0 Å².